The molecule has 5 aromatic heterocycles. The molecule has 26 heteroatoms. The van der Waals surface area contributed by atoms with Gasteiger partial charge in [-0.05, 0) is 90.3 Å². The Balaban J connectivity index is 1.13. The topological polar surface area (TPSA) is 356 Å². The SMILES string of the molecule is COc1cc(-c2cnc3c(c2CC(=O)N=S(N)(=O)c2cnc(C4(C)CNC(=O)O4)s2)CCC3)cc[n+]1Cc1c(C#N)cc(-c2ccnc(C#N)c2)c(CC(=O)N=S(N)(=O)c2cnc(C(O)(O)CO)s2)c1C. The number of carbonyl (C=O) groups is 3. The van der Waals surface area contributed by atoms with Gasteiger partial charge in [-0.25, -0.2) is 38.4 Å². The molecule has 71 heavy (non-hydrogen) atoms. The number of alkyl carbamates (subject to hydrolysis) is 1. The van der Waals surface area contributed by atoms with Gasteiger partial charge >= 0.3 is 12.0 Å². The van der Waals surface area contributed by atoms with Crippen LogP contribution in [-0.2, 0) is 77.8 Å². The summed E-state index contributed by atoms with van der Waals surface area (Å²) >= 11 is 1.43. The van der Waals surface area contributed by atoms with Gasteiger partial charge in [0.25, 0.3) is 11.8 Å². The fourth-order valence-corrected chi connectivity index (χ4v) is 12.6. The number of aliphatic hydroxyl groups excluding tert-OH is 1. The minimum atomic E-state index is -3.99. The van der Waals surface area contributed by atoms with Crippen molar-refractivity contribution in [3.05, 3.63) is 116 Å². The minimum absolute atomic E-state index is 0.0255. The van der Waals surface area contributed by atoms with E-state index >= 15 is 0 Å². The van der Waals surface area contributed by atoms with Gasteiger partial charge in [-0.15, -0.1) is 31.4 Å². The summed E-state index contributed by atoms with van der Waals surface area (Å²) < 4.78 is 47.9. The highest BCUT2D eigenvalue weighted by molar-refractivity contribution is 7.94. The second kappa shape index (κ2) is 19.7. The number of hydrogen-bond donors (Lipinski definition) is 6. The molecule has 3 amide bonds. The molecule has 1 fully saturated rings. The van der Waals surface area contributed by atoms with Gasteiger partial charge in [0.1, 0.15) is 31.8 Å². The fraction of sp³-hybridized carbons (Fsp3) is 0.289. The lowest BCUT2D eigenvalue weighted by Gasteiger charge is -2.17. The van der Waals surface area contributed by atoms with Crippen LogP contribution in [0.3, 0.4) is 0 Å². The zero-order valence-corrected chi connectivity index (χ0v) is 41.2. The molecule has 2 aliphatic rings. The number of ether oxygens (including phenoxy) is 2. The third kappa shape index (κ3) is 10.3. The molecule has 1 aromatic carbocycles. The number of pyridine rings is 3. The number of thiazole rings is 2. The molecular weight excluding hydrogens is 997 g/mol. The lowest BCUT2D eigenvalue weighted by molar-refractivity contribution is -0.693. The minimum Gasteiger partial charge on any atom is -0.448 e. The molecule has 1 aliphatic heterocycles. The Bertz CT molecular complexity index is 3540. The van der Waals surface area contributed by atoms with Crippen molar-refractivity contribution < 1.29 is 52.2 Å². The fourth-order valence-electron chi connectivity index (χ4n) is 8.22. The van der Waals surface area contributed by atoms with Crippen LogP contribution < -0.4 is 24.9 Å². The first-order valence-electron chi connectivity index (χ1n) is 21.3. The number of rotatable bonds is 14. The summed E-state index contributed by atoms with van der Waals surface area (Å²) in [6, 6.07) is 12.4. The molecule has 6 heterocycles. The third-order valence-corrected chi connectivity index (χ3v) is 18.0. The molecule has 8 N–H and O–H groups in total. The Kier molecular flexibility index (Phi) is 14.0. The van der Waals surface area contributed by atoms with E-state index in [1.165, 1.54) is 25.6 Å². The van der Waals surface area contributed by atoms with Gasteiger partial charge < -0.3 is 30.1 Å². The number of hydrogen-bond acceptors (Lipinski definition) is 18. The molecule has 0 radical (unpaired) electrons. The Morgan fingerprint density at radius 3 is 2.30 bits per heavy atom. The number of cyclic esters (lactones) is 1. The van der Waals surface area contributed by atoms with Gasteiger partial charge in [0.2, 0.25) is 5.79 Å². The first-order valence-corrected chi connectivity index (χ1v) is 26.1. The molecular formula is C45H43N12O10S4+. The molecule has 0 saturated carbocycles. The summed E-state index contributed by atoms with van der Waals surface area (Å²) in [4.78, 5) is 56.1. The van der Waals surface area contributed by atoms with Crippen molar-refractivity contribution >= 4 is 60.4 Å². The van der Waals surface area contributed by atoms with Gasteiger partial charge in [0.05, 0.1) is 56.6 Å². The number of benzene rings is 1. The Hall–Kier alpha value is -6.98. The van der Waals surface area contributed by atoms with E-state index in [4.69, 9.17) is 24.7 Å². The van der Waals surface area contributed by atoms with Gasteiger partial charge in [-0.2, -0.15) is 15.1 Å². The standard InChI is InChI=1S/C45H42N12O10S4/c1-24-30(14-36(59)55-71(49,65)40-20-53-42(69-40)45(62,63)23-58)31(25-7-9-50-28(11-25)17-47)12-27(16-46)34(24)21-57-10-8-26(13-38(57)66-3)33-18-51-35-6-4-5-29(35)32(33)15-37(60)56-70(48,64)39-19-52-41(68-39)44(2)22-54-43(61)67-44/h7-13,18-20,58,62-63H,4-6,14-15,21-23H2,1-3H3,(H4-,48,49,54,55,56,59,60,61,64,65)/p+1. The van der Waals surface area contributed by atoms with Crippen LogP contribution in [0.4, 0.5) is 4.79 Å². The molecule has 1 saturated heterocycles. The van der Waals surface area contributed by atoms with Crippen LogP contribution in [0.15, 0.2) is 78.5 Å². The lowest BCUT2D eigenvalue weighted by Crippen LogP contribution is -2.36. The molecule has 1 aliphatic carbocycles. The average molecular weight is 1040 g/mol. The van der Waals surface area contributed by atoms with Crippen molar-refractivity contribution in [1.82, 2.24) is 25.3 Å². The van der Waals surface area contributed by atoms with E-state index in [-0.39, 0.29) is 39.2 Å². The highest BCUT2D eigenvalue weighted by Gasteiger charge is 2.41. The van der Waals surface area contributed by atoms with Crippen LogP contribution in [-0.4, -0.2) is 81.8 Å². The number of carbonyl (C=O) groups excluding carboxylic acids is 3. The summed E-state index contributed by atoms with van der Waals surface area (Å²) in [6.07, 6.45) is 7.80. The smallest absolute Gasteiger partial charge is 0.408 e. The van der Waals surface area contributed by atoms with E-state index in [1.54, 1.807) is 55.1 Å². The summed E-state index contributed by atoms with van der Waals surface area (Å²) in [5.74, 6) is -4.10. The first kappa shape index (κ1) is 50.4. The van der Waals surface area contributed by atoms with E-state index in [0.29, 0.717) is 79.6 Å². The Morgan fingerprint density at radius 2 is 1.63 bits per heavy atom. The van der Waals surface area contributed by atoms with E-state index < -0.39 is 67.2 Å². The first-order chi connectivity index (χ1) is 33.7. The second-order valence-electron chi connectivity index (χ2n) is 16.6. The number of aromatic nitrogens is 5. The number of fused-ring (bicyclic) bond motifs is 1. The van der Waals surface area contributed by atoms with E-state index in [0.717, 1.165) is 35.2 Å². The van der Waals surface area contributed by atoms with Crippen molar-refractivity contribution in [1.29, 1.82) is 10.5 Å². The normalized spacial score (nSPS) is 16.9. The molecule has 8 rings (SSSR count). The van der Waals surface area contributed by atoms with Gasteiger partial charge in [0, 0.05) is 35.3 Å². The van der Waals surface area contributed by atoms with Crippen molar-refractivity contribution in [3.63, 3.8) is 0 Å². The number of nitrogens with two attached hydrogens (primary N) is 2. The predicted molar refractivity (Wildman–Crippen MR) is 254 cm³/mol. The monoisotopic (exact) mass is 1040 g/mol. The van der Waals surface area contributed by atoms with Crippen LogP contribution >= 0.6 is 22.7 Å². The second-order valence-corrected chi connectivity index (χ2v) is 22.7. The number of nitrogens with one attached hydrogen (secondary N) is 1. The van der Waals surface area contributed by atoms with Crippen LogP contribution in [0.1, 0.15) is 68.1 Å². The number of aryl methyl sites for hydroxylation is 1. The van der Waals surface area contributed by atoms with Crippen molar-refractivity contribution in [3.8, 4) is 40.3 Å². The summed E-state index contributed by atoms with van der Waals surface area (Å²) in [5, 5.41) is 64.3. The van der Waals surface area contributed by atoms with E-state index in [2.05, 4.69) is 35.1 Å². The molecule has 0 spiro atoms. The maximum atomic E-state index is 13.8. The maximum Gasteiger partial charge on any atom is 0.408 e. The van der Waals surface area contributed by atoms with Crippen LogP contribution in [0.25, 0.3) is 22.3 Å². The zero-order chi connectivity index (χ0) is 51.0. The van der Waals surface area contributed by atoms with E-state index in [9.17, 15) is 48.6 Å². The highest BCUT2D eigenvalue weighted by atomic mass is 32.2. The molecule has 6 aromatic rings. The van der Waals surface area contributed by atoms with Crippen LogP contribution in [0.2, 0.25) is 0 Å². The summed E-state index contributed by atoms with van der Waals surface area (Å²) in [6.45, 7) is 2.39. The van der Waals surface area contributed by atoms with E-state index in [1.807, 2.05) is 6.07 Å². The quantitative estimate of drug-likeness (QED) is 0.0674. The lowest BCUT2D eigenvalue weighted by atomic mass is 9.87. The number of nitrogens with zero attached hydrogens (tertiary/aromatic N) is 9. The van der Waals surface area contributed by atoms with Crippen molar-refractivity contribution in [2.24, 2.45) is 19.0 Å². The summed E-state index contributed by atoms with van der Waals surface area (Å²) in [5.41, 5.74) is 4.84. The van der Waals surface area contributed by atoms with Crippen LogP contribution in [0, 0.1) is 29.6 Å². The molecule has 366 valence electrons. The number of methoxy groups -OCH3 is 1. The molecule has 3 unspecified atom stereocenters. The largest absolute Gasteiger partial charge is 0.448 e. The van der Waals surface area contributed by atoms with Gasteiger partial charge in [-0.1, -0.05) is 0 Å². The Morgan fingerprint density at radius 1 is 0.944 bits per heavy atom. The summed E-state index contributed by atoms with van der Waals surface area (Å²) in [7, 11) is -6.28. The molecule has 3 atom stereocenters. The average Bonchev–Trinajstić information content (AvgIpc) is 4.19. The number of aliphatic hydroxyl groups is 3. The zero-order valence-electron chi connectivity index (χ0n) is 37.9. The molecule has 22 nitrogen and oxygen atoms in total. The predicted octanol–water partition coefficient (Wildman–Crippen LogP) is 2.63. The van der Waals surface area contributed by atoms with Gasteiger partial charge in [0.15, 0.2) is 43.2 Å². The maximum absolute atomic E-state index is 13.8. The van der Waals surface area contributed by atoms with Crippen molar-refractivity contribution in [2.75, 3.05) is 20.3 Å². The highest BCUT2D eigenvalue weighted by Crippen LogP contribution is 2.37. The van der Waals surface area contributed by atoms with Gasteiger partial charge in [-0.3, -0.25) is 14.6 Å². The van der Waals surface area contributed by atoms with Crippen molar-refractivity contribution in [2.45, 2.75) is 72.3 Å². The molecule has 0 bridgehead atoms. The number of nitriles is 2. The Labute approximate surface area is 414 Å². The third-order valence-electron chi connectivity index (χ3n) is 11.8. The number of amides is 3. The van der Waals surface area contributed by atoms with Crippen LogP contribution in [0.5, 0.6) is 5.88 Å².